The number of hydrogen-bond acceptors (Lipinski definition) is 4. The normalized spacial score (nSPS) is 19.3. The Morgan fingerprint density at radius 2 is 2.43 bits per heavy atom. The third kappa shape index (κ3) is 1.95. The lowest BCUT2D eigenvalue weighted by atomic mass is 10.2. The summed E-state index contributed by atoms with van der Waals surface area (Å²) in [6.45, 7) is 3.57. The van der Waals surface area contributed by atoms with E-state index in [-0.39, 0.29) is 12.6 Å². The Labute approximate surface area is 83.1 Å². The van der Waals surface area contributed by atoms with Crippen LogP contribution in [0.4, 0.5) is 0 Å². The second-order valence-corrected chi connectivity index (χ2v) is 3.71. The number of aromatic nitrogens is 2. The molecule has 78 valence electrons. The first kappa shape index (κ1) is 9.64. The van der Waals surface area contributed by atoms with E-state index >= 15 is 0 Å². The van der Waals surface area contributed by atoms with Crippen LogP contribution in [0.5, 0.6) is 0 Å². The Bertz CT molecular complexity index is 299. The van der Waals surface area contributed by atoms with E-state index in [1.54, 1.807) is 0 Å². The summed E-state index contributed by atoms with van der Waals surface area (Å²) in [5.74, 6) is 1.08. The monoisotopic (exact) mass is 196 g/mol. The average Bonchev–Trinajstić information content (AvgIpc) is 2.64. The van der Waals surface area contributed by atoms with Gasteiger partial charge in [-0.1, -0.05) is 0 Å². The molecule has 0 radical (unpaired) electrons. The molecule has 1 unspecified atom stereocenters. The molecule has 2 rings (SSSR count). The lowest BCUT2D eigenvalue weighted by Gasteiger charge is -2.29. The first-order chi connectivity index (χ1) is 6.79. The highest BCUT2D eigenvalue weighted by molar-refractivity contribution is 4.95. The number of hydrogen-bond donors (Lipinski definition) is 2. The molecule has 0 bridgehead atoms. The van der Waals surface area contributed by atoms with Crippen LogP contribution in [0, 0.1) is 0 Å². The predicted octanol–water partition coefficient (Wildman–Crippen LogP) is -0.982. The van der Waals surface area contributed by atoms with Gasteiger partial charge in [0, 0.05) is 38.1 Å². The Morgan fingerprint density at radius 1 is 1.57 bits per heavy atom. The zero-order valence-corrected chi connectivity index (χ0v) is 8.13. The van der Waals surface area contributed by atoms with Gasteiger partial charge in [0.1, 0.15) is 5.82 Å². The lowest BCUT2D eigenvalue weighted by Crippen LogP contribution is -2.43. The van der Waals surface area contributed by atoms with Crippen molar-refractivity contribution in [1.29, 1.82) is 0 Å². The quantitative estimate of drug-likeness (QED) is 0.652. The average molecular weight is 196 g/mol. The largest absolute Gasteiger partial charge is 0.395 e. The molecule has 1 aliphatic rings. The number of imidazole rings is 1. The molecule has 1 atom stereocenters. The number of aliphatic hydroxyl groups is 1. The summed E-state index contributed by atoms with van der Waals surface area (Å²) >= 11 is 0. The van der Waals surface area contributed by atoms with Crippen molar-refractivity contribution in [3.05, 3.63) is 18.2 Å². The van der Waals surface area contributed by atoms with Crippen molar-refractivity contribution in [1.82, 2.24) is 14.5 Å². The van der Waals surface area contributed by atoms with E-state index in [1.165, 1.54) is 0 Å². The number of aliphatic hydroxyl groups excluding tert-OH is 1. The molecule has 0 amide bonds. The van der Waals surface area contributed by atoms with Gasteiger partial charge in [0.15, 0.2) is 0 Å². The molecule has 0 spiro atoms. The molecular formula is C9H16N4O. The summed E-state index contributed by atoms with van der Waals surface area (Å²) < 4.78 is 2.15. The van der Waals surface area contributed by atoms with Gasteiger partial charge in [0.25, 0.3) is 0 Å². The minimum absolute atomic E-state index is 0.0466. The molecular weight excluding hydrogens is 180 g/mol. The standard InChI is InChI=1S/C9H16N4O/c10-8(7-14)5-12-3-4-13-2-1-11-9(13)6-12/h1-2,8,14H,3-7,10H2. The summed E-state index contributed by atoms with van der Waals surface area (Å²) in [5, 5.41) is 8.85. The number of rotatable bonds is 3. The predicted molar refractivity (Wildman–Crippen MR) is 52.6 cm³/mol. The van der Waals surface area contributed by atoms with Crippen molar-refractivity contribution in [3.8, 4) is 0 Å². The van der Waals surface area contributed by atoms with Gasteiger partial charge in [-0.05, 0) is 0 Å². The zero-order valence-electron chi connectivity index (χ0n) is 8.13. The van der Waals surface area contributed by atoms with Crippen molar-refractivity contribution < 1.29 is 5.11 Å². The summed E-state index contributed by atoms with van der Waals surface area (Å²) in [7, 11) is 0. The van der Waals surface area contributed by atoms with E-state index in [1.807, 2.05) is 12.4 Å². The fourth-order valence-electron chi connectivity index (χ4n) is 1.77. The van der Waals surface area contributed by atoms with Crippen LogP contribution in [0.15, 0.2) is 12.4 Å². The van der Waals surface area contributed by atoms with Crippen molar-refractivity contribution >= 4 is 0 Å². The topological polar surface area (TPSA) is 67.3 Å². The molecule has 1 aromatic heterocycles. The van der Waals surface area contributed by atoms with Gasteiger partial charge in [0.2, 0.25) is 0 Å². The number of nitrogens with zero attached hydrogens (tertiary/aromatic N) is 3. The molecule has 0 saturated carbocycles. The molecule has 5 nitrogen and oxygen atoms in total. The number of nitrogens with two attached hydrogens (primary N) is 1. The van der Waals surface area contributed by atoms with Crippen LogP contribution in [0.2, 0.25) is 0 Å². The molecule has 1 aliphatic heterocycles. The summed E-state index contributed by atoms with van der Waals surface area (Å²) in [6, 6.07) is -0.142. The van der Waals surface area contributed by atoms with Gasteiger partial charge in [-0.2, -0.15) is 0 Å². The molecule has 0 aliphatic carbocycles. The van der Waals surface area contributed by atoms with Crippen LogP contribution < -0.4 is 5.73 Å². The smallest absolute Gasteiger partial charge is 0.122 e. The Balaban J connectivity index is 1.94. The molecule has 0 fully saturated rings. The second-order valence-electron chi connectivity index (χ2n) is 3.71. The van der Waals surface area contributed by atoms with Crippen LogP contribution in [-0.4, -0.2) is 45.3 Å². The van der Waals surface area contributed by atoms with E-state index in [2.05, 4.69) is 14.5 Å². The van der Waals surface area contributed by atoms with Crippen LogP contribution in [0.25, 0.3) is 0 Å². The maximum absolute atomic E-state index is 8.85. The molecule has 0 saturated heterocycles. The van der Waals surface area contributed by atoms with Crippen LogP contribution >= 0.6 is 0 Å². The zero-order chi connectivity index (χ0) is 9.97. The Kier molecular flexibility index (Phi) is 2.81. The maximum atomic E-state index is 8.85. The first-order valence-electron chi connectivity index (χ1n) is 4.88. The van der Waals surface area contributed by atoms with Gasteiger partial charge in [-0.3, -0.25) is 4.90 Å². The highest BCUT2D eigenvalue weighted by atomic mass is 16.3. The summed E-state index contributed by atoms with van der Waals surface area (Å²) in [4.78, 5) is 6.48. The molecule has 2 heterocycles. The fourth-order valence-corrected chi connectivity index (χ4v) is 1.77. The SMILES string of the molecule is NC(CO)CN1CCn2ccnc2C1. The highest BCUT2D eigenvalue weighted by Gasteiger charge is 2.17. The van der Waals surface area contributed by atoms with E-state index in [0.29, 0.717) is 0 Å². The third-order valence-corrected chi connectivity index (χ3v) is 2.55. The summed E-state index contributed by atoms with van der Waals surface area (Å²) in [6.07, 6.45) is 3.82. The maximum Gasteiger partial charge on any atom is 0.122 e. The van der Waals surface area contributed by atoms with Gasteiger partial charge < -0.3 is 15.4 Å². The van der Waals surface area contributed by atoms with Crippen molar-refractivity contribution in [2.75, 3.05) is 19.7 Å². The van der Waals surface area contributed by atoms with Crippen molar-refractivity contribution in [3.63, 3.8) is 0 Å². The lowest BCUT2D eigenvalue weighted by molar-refractivity contribution is 0.172. The first-order valence-corrected chi connectivity index (χ1v) is 4.88. The van der Waals surface area contributed by atoms with E-state index < -0.39 is 0 Å². The molecule has 5 heteroatoms. The van der Waals surface area contributed by atoms with Crippen LogP contribution in [-0.2, 0) is 13.1 Å². The van der Waals surface area contributed by atoms with Gasteiger partial charge in [0.05, 0.1) is 13.2 Å². The second kappa shape index (κ2) is 4.08. The molecule has 14 heavy (non-hydrogen) atoms. The minimum atomic E-state index is -0.142. The molecule has 3 N–H and O–H groups in total. The van der Waals surface area contributed by atoms with Gasteiger partial charge >= 0.3 is 0 Å². The number of fused-ring (bicyclic) bond motifs is 1. The minimum Gasteiger partial charge on any atom is -0.395 e. The molecule has 1 aromatic rings. The van der Waals surface area contributed by atoms with Gasteiger partial charge in [-0.25, -0.2) is 4.98 Å². The van der Waals surface area contributed by atoms with Crippen LogP contribution in [0.3, 0.4) is 0 Å². The highest BCUT2D eigenvalue weighted by Crippen LogP contribution is 2.09. The Hall–Kier alpha value is -0.910. The third-order valence-electron chi connectivity index (χ3n) is 2.55. The molecule has 0 aromatic carbocycles. The fraction of sp³-hybridized carbons (Fsp3) is 0.667. The Morgan fingerprint density at radius 3 is 3.21 bits per heavy atom. The van der Waals surface area contributed by atoms with Crippen LogP contribution in [0.1, 0.15) is 5.82 Å². The van der Waals surface area contributed by atoms with E-state index in [4.69, 9.17) is 10.8 Å². The van der Waals surface area contributed by atoms with E-state index in [0.717, 1.165) is 32.0 Å². The summed E-state index contributed by atoms with van der Waals surface area (Å²) in [5.41, 5.74) is 5.68. The van der Waals surface area contributed by atoms with E-state index in [9.17, 15) is 0 Å². The van der Waals surface area contributed by atoms with Crippen molar-refractivity contribution in [2.45, 2.75) is 19.1 Å². The van der Waals surface area contributed by atoms with Gasteiger partial charge in [-0.15, -0.1) is 0 Å². The van der Waals surface area contributed by atoms with Crippen molar-refractivity contribution in [2.24, 2.45) is 5.73 Å².